The number of alkyl halides is 3. The van der Waals surface area contributed by atoms with Gasteiger partial charge >= 0.3 is 6.18 Å². The van der Waals surface area contributed by atoms with Gasteiger partial charge in [-0.3, -0.25) is 9.79 Å². The van der Waals surface area contributed by atoms with Crippen LogP contribution in [-0.2, 0) is 14.6 Å². The Balaban J connectivity index is 1.84. The van der Waals surface area contributed by atoms with Gasteiger partial charge in [0, 0.05) is 41.4 Å². The van der Waals surface area contributed by atoms with Crippen molar-refractivity contribution >= 4 is 27.2 Å². The van der Waals surface area contributed by atoms with Gasteiger partial charge in [0.1, 0.15) is 0 Å². The molecular formula is C22H28F4N4O4S. The molecule has 2 heterocycles. The number of aromatic nitrogens is 1. The third-order valence-electron chi connectivity index (χ3n) is 5.65. The first-order valence-electron chi connectivity index (χ1n) is 11.0. The lowest BCUT2D eigenvalue weighted by molar-refractivity contribution is -0.154. The van der Waals surface area contributed by atoms with E-state index in [0.717, 1.165) is 12.3 Å². The molecule has 13 heteroatoms. The number of nitrogens with zero attached hydrogens (tertiary/aromatic N) is 2. The Hall–Kier alpha value is -2.70. The Morgan fingerprint density at radius 2 is 2.03 bits per heavy atom. The first-order valence-corrected chi connectivity index (χ1v) is 12.8. The van der Waals surface area contributed by atoms with Crippen LogP contribution < -0.4 is 15.8 Å². The number of aliphatic imine (C=N–C) groups is 1. The number of hydrogen-bond donors (Lipinski definition) is 2. The fraction of sp³-hybridized carbons (Fsp3) is 0.591. The molecule has 2 fully saturated rings. The number of nitrogens with two attached hydrogens (primary N) is 1. The van der Waals surface area contributed by atoms with Crippen LogP contribution in [0.4, 0.5) is 17.6 Å². The molecule has 1 atom stereocenters. The zero-order chi connectivity index (χ0) is 26.2. The van der Waals surface area contributed by atoms with Crippen molar-refractivity contribution in [2.45, 2.75) is 57.8 Å². The van der Waals surface area contributed by atoms with Crippen LogP contribution in [-0.4, -0.2) is 60.9 Å². The highest BCUT2D eigenvalue weighted by molar-refractivity contribution is 7.93. The van der Waals surface area contributed by atoms with Crippen LogP contribution in [0, 0.1) is 11.7 Å². The minimum Gasteiger partial charge on any atom is -0.468 e. The van der Waals surface area contributed by atoms with E-state index in [4.69, 9.17) is 5.73 Å². The van der Waals surface area contributed by atoms with Gasteiger partial charge in [-0.05, 0) is 39.2 Å². The summed E-state index contributed by atoms with van der Waals surface area (Å²) in [6, 6.07) is 0.837. The topological polar surface area (TPSA) is 124 Å². The molecule has 194 valence electrons. The van der Waals surface area contributed by atoms with Crippen molar-refractivity contribution in [2.24, 2.45) is 16.6 Å². The van der Waals surface area contributed by atoms with Gasteiger partial charge < -0.3 is 15.8 Å². The zero-order valence-corrected chi connectivity index (χ0v) is 20.4. The monoisotopic (exact) mass is 520 g/mol. The predicted octanol–water partition coefficient (Wildman–Crippen LogP) is 2.78. The van der Waals surface area contributed by atoms with E-state index < -0.39 is 45.8 Å². The molecule has 0 bridgehead atoms. The van der Waals surface area contributed by atoms with E-state index in [1.165, 1.54) is 0 Å². The van der Waals surface area contributed by atoms with E-state index in [9.17, 15) is 30.8 Å². The molecule has 3 N–H and O–H groups in total. The third-order valence-corrected chi connectivity index (χ3v) is 7.80. The maximum Gasteiger partial charge on any atom is 0.422 e. The molecule has 8 nitrogen and oxygen atoms in total. The molecule has 1 aromatic rings. The van der Waals surface area contributed by atoms with E-state index in [2.05, 4.69) is 20.0 Å². The van der Waals surface area contributed by atoms with Crippen LogP contribution >= 0.6 is 0 Å². The van der Waals surface area contributed by atoms with E-state index in [0.29, 0.717) is 17.7 Å². The maximum atomic E-state index is 14.5. The van der Waals surface area contributed by atoms with Gasteiger partial charge in [-0.1, -0.05) is 0 Å². The van der Waals surface area contributed by atoms with Crippen LogP contribution in [0.5, 0.6) is 5.88 Å². The van der Waals surface area contributed by atoms with Crippen molar-refractivity contribution in [1.29, 1.82) is 0 Å². The summed E-state index contributed by atoms with van der Waals surface area (Å²) in [4.78, 5) is 20.9. The Morgan fingerprint density at radius 3 is 2.60 bits per heavy atom. The summed E-state index contributed by atoms with van der Waals surface area (Å²) in [6.45, 7) is 3.73. The van der Waals surface area contributed by atoms with E-state index in [1.807, 2.05) is 13.8 Å². The smallest absolute Gasteiger partial charge is 0.422 e. The second-order valence-corrected chi connectivity index (χ2v) is 11.6. The number of amides is 1. The molecule has 1 amide bonds. The third kappa shape index (κ3) is 6.92. The lowest BCUT2D eigenvalue weighted by Gasteiger charge is -2.40. The molecule has 35 heavy (non-hydrogen) atoms. The van der Waals surface area contributed by atoms with Crippen LogP contribution in [0.25, 0.3) is 5.70 Å². The molecule has 3 rings (SSSR count). The van der Waals surface area contributed by atoms with Crippen molar-refractivity contribution in [1.82, 2.24) is 10.3 Å². The number of sulfone groups is 1. The summed E-state index contributed by atoms with van der Waals surface area (Å²) < 4.78 is 79.6. The van der Waals surface area contributed by atoms with Crippen LogP contribution in [0.3, 0.4) is 0 Å². The number of ether oxygens (including phenoxy) is 1. The van der Waals surface area contributed by atoms with E-state index in [-0.39, 0.29) is 47.6 Å². The minimum atomic E-state index is -4.59. The summed E-state index contributed by atoms with van der Waals surface area (Å²) >= 11 is 0. The average molecular weight is 521 g/mol. The molecule has 2 aliphatic rings. The van der Waals surface area contributed by atoms with Gasteiger partial charge in [0.15, 0.2) is 22.3 Å². The Labute approximate surface area is 201 Å². The fourth-order valence-electron chi connectivity index (χ4n) is 4.30. The number of hydrogen-bond acceptors (Lipinski definition) is 7. The second-order valence-electron chi connectivity index (χ2n) is 9.49. The molecule has 0 radical (unpaired) electrons. The molecule has 1 aromatic heterocycles. The summed E-state index contributed by atoms with van der Waals surface area (Å²) in [5, 5.41) is 2.81. The van der Waals surface area contributed by atoms with Crippen LogP contribution in [0.2, 0.25) is 0 Å². The normalized spacial score (nSPS) is 24.1. The molecule has 1 saturated carbocycles. The number of allylic oxidation sites excluding steroid dienone is 1. The average Bonchev–Trinajstić information content (AvgIpc) is 2.69. The van der Waals surface area contributed by atoms with Gasteiger partial charge in [-0.15, -0.1) is 0 Å². The molecule has 1 aliphatic carbocycles. The largest absolute Gasteiger partial charge is 0.468 e. The van der Waals surface area contributed by atoms with Crippen molar-refractivity contribution in [3.63, 3.8) is 0 Å². The van der Waals surface area contributed by atoms with E-state index in [1.54, 1.807) is 6.92 Å². The summed E-state index contributed by atoms with van der Waals surface area (Å²) in [5.74, 6) is -2.29. The lowest BCUT2D eigenvalue weighted by atomic mass is 9.81. The highest BCUT2D eigenvalue weighted by atomic mass is 32.2. The maximum absolute atomic E-state index is 14.5. The summed E-state index contributed by atoms with van der Waals surface area (Å²) in [5.41, 5.74) is 6.24. The molecular weight excluding hydrogens is 492 g/mol. The molecule has 1 saturated heterocycles. The fourth-order valence-corrected chi connectivity index (χ4v) is 6.30. The number of halogens is 4. The van der Waals surface area contributed by atoms with Crippen molar-refractivity contribution in [3.8, 4) is 5.88 Å². The number of carbonyl (C=O) groups excluding carboxylic acids is 1. The standard InChI is InChI=1S/C22H28F4N4O4S/c1-12(2)29-17-6-13(20(31)30-21(3)10-35(32,33)11-21)4-5-14(17)19(27)15-7-18(28-8-16(15)23)34-9-22(24,25)26/h7-8,12-13H,4-6,9-11,27H2,1-3H3,(H,30,31)/t13-/m1/s1. The van der Waals surface area contributed by atoms with Crippen molar-refractivity contribution in [2.75, 3.05) is 18.1 Å². The van der Waals surface area contributed by atoms with Crippen molar-refractivity contribution in [3.05, 3.63) is 29.2 Å². The number of rotatable bonds is 6. The SMILES string of the molecule is CC(C)N=C1C[C@H](C(=O)NC2(C)CS(=O)(=O)C2)CCC1=C(N)c1cc(OCC(F)(F)F)ncc1F. The molecule has 0 unspecified atom stereocenters. The van der Waals surface area contributed by atoms with Crippen LogP contribution in [0.15, 0.2) is 22.8 Å². The minimum absolute atomic E-state index is 0.0166. The Bertz CT molecular complexity index is 1150. The zero-order valence-electron chi connectivity index (χ0n) is 19.6. The number of nitrogens with one attached hydrogen (secondary N) is 1. The second kappa shape index (κ2) is 9.75. The predicted molar refractivity (Wildman–Crippen MR) is 122 cm³/mol. The Morgan fingerprint density at radius 1 is 1.37 bits per heavy atom. The first kappa shape index (κ1) is 26.9. The summed E-state index contributed by atoms with van der Waals surface area (Å²) in [7, 11) is -3.14. The van der Waals surface area contributed by atoms with Crippen LogP contribution in [0.1, 0.15) is 45.6 Å². The Kier molecular flexibility index (Phi) is 7.49. The molecule has 0 spiro atoms. The molecule has 0 aromatic carbocycles. The lowest BCUT2D eigenvalue weighted by Crippen LogP contribution is -2.64. The quantitative estimate of drug-likeness (QED) is 0.556. The van der Waals surface area contributed by atoms with Gasteiger partial charge in [-0.25, -0.2) is 17.8 Å². The van der Waals surface area contributed by atoms with Gasteiger partial charge in [-0.2, -0.15) is 13.2 Å². The first-order chi connectivity index (χ1) is 16.1. The number of pyridine rings is 1. The molecule has 1 aliphatic heterocycles. The van der Waals surface area contributed by atoms with Gasteiger partial charge in [0.25, 0.3) is 0 Å². The van der Waals surface area contributed by atoms with Gasteiger partial charge in [0.2, 0.25) is 11.8 Å². The highest BCUT2D eigenvalue weighted by Crippen LogP contribution is 2.33. The highest BCUT2D eigenvalue weighted by Gasteiger charge is 2.46. The van der Waals surface area contributed by atoms with E-state index >= 15 is 0 Å². The van der Waals surface area contributed by atoms with Crippen molar-refractivity contribution < 1.29 is 35.5 Å². The summed E-state index contributed by atoms with van der Waals surface area (Å²) in [6.07, 6.45) is -3.03. The van der Waals surface area contributed by atoms with Gasteiger partial charge in [0.05, 0.1) is 23.2 Å². The number of carbonyl (C=O) groups is 1.